The van der Waals surface area contributed by atoms with E-state index in [9.17, 15) is 9.59 Å². The molecule has 2 aromatic carbocycles. The monoisotopic (exact) mass is 379 g/mol. The molecule has 2 N–H and O–H groups in total. The summed E-state index contributed by atoms with van der Waals surface area (Å²) in [5.74, 6) is -0.514. The molecule has 28 heavy (non-hydrogen) atoms. The van der Waals surface area contributed by atoms with Gasteiger partial charge >= 0.3 is 5.76 Å². The number of carbonyl (C=O) groups is 1. The number of ether oxygens (including phenoxy) is 1. The number of aromatic amines is 1. The van der Waals surface area contributed by atoms with Gasteiger partial charge in [-0.1, -0.05) is 47.6 Å². The highest BCUT2D eigenvalue weighted by atomic mass is 16.5. The van der Waals surface area contributed by atoms with E-state index in [-0.39, 0.29) is 5.91 Å². The molecule has 1 aliphatic heterocycles. The van der Waals surface area contributed by atoms with Crippen LogP contribution in [0, 0.1) is 6.92 Å². The molecule has 0 bridgehead atoms. The van der Waals surface area contributed by atoms with E-state index in [1.54, 1.807) is 12.1 Å². The molecule has 0 saturated carbocycles. The Kier molecular flexibility index (Phi) is 4.83. The minimum absolute atomic E-state index is 0.174. The predicted octanol–water partition coefficient (Wildman–Crippen LogP) is 2.47. The molecule has 1 atom stereocenters. The molecule has 0 aliphatic carbocycles. The Morgan fingerprint density at radius 3 is 2.75 bits per heavy atom. The van der Waals surface area contributed by atoms with Crippen molar-refractivity contribution < 1.29 is 14.1 Å². The van der Waals surface area contributed by atoms with Gasteiger partial charge in [-0.15, -0.1) is 0 Å². The van der Waals surface area contributed by atoms with E-state index < -0.39 is 11.3 Å². The fourth-order valence-electron chi connectivity index (χ4n) is 3.55. The maximum Gasteiger partial charge on any atom is 0.439 e. The highest BCUT2D eigenvalue weighted by Crippen LogP contribution is 2.26. The number of nitrogens with zero attached hydrogens (tertiary/aromatic N) is 1. The number of hydrogen-bond donors (Lipinski definition) is 2. The lowest BCUT2D eigenvalue weighted by atomic mass is 9.89. The standard InChI is InChI=1S/C21H21N3O4/c1-14-7-8-16(18-22-20(26)28-24-18)11-17(14)19(25)23-21(9-10-27-13-21)12-15-5-3-2-4-6-15/h2-8,11H,9-10,12-13H2,1H3,(H,23,25)(H,22,24,26). The van der Waals surface area contributed by atoms with E-state index in [2.05, 4.69) is 32.1 Å². The van der Waals surface area contributed by atoms with Crippen molar-refractivity contribution in [2.24, 2.45) is 0 Å². The maximum atomic E-state index is 13.1. The Hall–Kier alpha value is -3.19. The number of rotatable bonds is 5. The Balaban J connectivity index is 1.60. The van der Waals surface area contributed by atoms with Gasteiger partial charge in [0.2, 0.25) is 0 Å². The van der Waals surface area contributed by atoms with E-state index >= 15 is 0 Å². The number of amides is 1. The molecule has 2 heterocycles. The van der Waals surface area contributed by atoms with Gasteiger partial charge in [0.1, 0.15) is 0 Å². The second-order valence-electron chi connectivity index (χ2n) is 7.17. The van der Waals surface area contributed by atoms with Crippen LogP contribution in [0.2, 0.25) is 0 Å². The van der Waals surface area contributed by atoms with E-state index in [1.165, 1.54) is 0 Å². The summed E-state index contributed by atoms with van der Waals surface area (Å²) in [6, 6.07) is 15.4. The smallest absolute Gasteiger partial charge is 0.379 e. The molecule has 1 saturated heterocycles. The highest BCUT2D eigenvalue weighted by molar-refractivity contribution is 5.97. The van der Waals surface area contributed by atoms with Gasteiger partial charge in [0.15, 0.2) is 5.82 Å². The third-order valence-corrected chi connectivity index (χ3v) is 5.06. The lowest BCUT2D eigenvalue weighted by molar-refractivity contribution is 0.0877. The summed E-state index contributed by atoms with van der Waals surface area (Å²) in [7, 11) is 0. The Morgan fingerprint density at radius 1 is 1.25 bits per heavy atom. The van der Waals surface area contributed by atoms with Crippen LogP contribution in [0.15, 0.2) is 57.8 Å². The SMILES string of the molecule is Cc1ccc(-c2noc(=O)[nH]2)cc1C(=O)NC1(Cc2ccccc2)CCOC1. The van der Waals surface area contributed by atoms with Gasteiger partial charge < -0.3 is 10.1 Å². The van der Waals surface area contributed by atoms with Crippen molar-refractivity contribution in [1.82, 2.24) is 15.5 Å². The lowest BCUT2D eigenvalue weighted by Gasteiger charge is -2.29. The fourth-order valence-corrected chi connectivity index (χ4v) is 3.55. The molecular weight excluding hydrogens is 358 g/mol. The van der Waals surface area contributed by atoms with Crippen molar-refractivity contribution >= 4 is 5.91 Å². The number of carbonyl (C=O) groups excluding carboxylic acids is 1. The number of aryl methyl sites for hydroxylation is 1. The number of H-pyrrole nitrogens is 1. The summed E-state index contributed by atoms with van der Waals surface area (Å²) in [5, 5.41) is 6.90. The van der Waals surface area contributed by atoms with E-state index in [4.69, 9.17) is 4.74 Å². The quantitative estimate of drug-likeness (QED) is 0.710. The van der Waals surface area contributed by atoms with E-state index in [0.29, 0.717) is 36.6 Å². The van der Waals surface area contributed by atoms with Crippen LogP contribution < -0.4 is 11.1 Å². The van der Waals surface area contributed by atoms with Gasteiger partial charge in [-0.2, -0.15) is 0 Å². The summed E-state index contributed by atoms with van der Waals surface area (Å²) in [5.41, 5.74) is 2.69. The Morgan fingerprint density at radius 2 is 2.07 bits per heavy atom. The second kappa shape index (κ2) is 7.44. The van der Waals surface area contributed by atoms with Crippen LogP contribution in [0.3, 0.4) is 0 Å². The first-order valence-electron chi connectivity index (χ1n) is 9.16. The lowest BCUT2D eigenvalue weighted by Crippen LogP contribution is -2.51. The molecule has 4 rings (SSSR count). The van der Waals surface area contributed by atoms with Gasteiger partial charge in [0, 0.05) is 17.7 Å². The molecule has 1 amide bonds. The predicted molar refractivity (Wildman–Crippen MR) is 103 cm³/mol. The number of hydrogen-bond acceptors (Lipinski definition) is 5. The molecular formula is C21H21N3O4. The third kappa shape index (κ3) is 3.75. The zero-order valence-electron chi connectivity index (χ0n) is 15.5. The van der Waals surface area contributed by atoms with Crippen LogP contribution in [-0.4, -0.2) is 34.8 Å². The minimum atomic E-state index is -0.633. The van der Waals surface area contributed by atoms with Crippen LogP contribution in [-0.2, 0) is 11.2 Å². The van der Waals surface area contributed by atoms with Crippen LogP contribution in [0.4, 0.5) is 0 Å². The van der Waals surface area contributed by atoms with Gasteiger partial charge in [-0.25, -0.2) is 4.79 Å². The fraction of sp³-hybridized carbons (Fsp3) is 0.286. The Bertz CT molecular complexity index is 1030. The summed E-state index contributed by atoms with van der Waals surface area (Å²) in [6.07, 6.45) is 1.46. The first-order valence-corrected chi connectivity index (χ1v) is 9.16. The van der Waals surface area contributed by atoms with Crippen molar-refractivity contribution in [2.75, 3.05) is 13.2 Å². The van der Waals surface area contributed by atoms with Crippen molar-refractivity contribution in [3.63, 3.8) is 0 Å². The average Bonchev–Trinajstić information content (AvgIpc) is 3.32. The number of nitrogens with one attached hydrogen (secondary N) is 2. The first kappa shape index (κ1) is 18.2. The minimum Gasteiger partial charge on any atom is -0.379 e. The molecule has 1 unspecified atom stereocenters. The van der Waals surface area contributed by atoms with Gasteiger partial charge in [0.05, 0.1) is 12.1 Å². The summed E-state index contributed by atoms with van der Waals surface area (Å²) in [6.45, 7) is 2.97. The normalized spacial score (nSPS) is 18.9. The van der Waals surface area contributed by atoms with Crippen LogP contribution in [0.5, 0.6) is 0 Å². The van der Waals surface area contributed by atoms with Crippen molar-refractivity contribution in [3.05, 3.63) is 75.8 Å². The average molecular weight is 379 g/mol. The van der Waals surface area contributed by atoms with E-state index in [1.807, 2.05) is 31.2 Å². The van der Waals surface area contributed by atoms with Crippen LogP contribution >= 0.6 is 0 Å². The molecule has 1 aliphatic rings. The molecule has 144 valence electrons. The second-order valence-corrected chi connectivity index (χ2v) is 7.17. The summed E-state index contributed by atoms with van der Waals surface area (Å²) in [4.78, 5) is 26.8. The molecule has 0 spiro atoms. The zero-order valence-corrected chi connectivity index (χ0v) is 15.5. The van der Waals surface area contributed by atoms with Crippen molar-refractivity contribution in [1.29, 1.82) is 0 Å². The molecule has 7 nitrogen and oxygen atoms in total. The van der Waals surface area contributed by atoms with E-state index in [0.717, 1.165) is 17.5 Å². The molecule has 1 fully saturated rings. The van der Waals surface area contributed by atoms with Crippen molar-refractivity contribution in [2.45, 2.75) is 25.3 Å². The number of aromatic nitrogens is 2. The van der Waals surface area contributed by atoms with Gasteiger partial charge in [-0.05, 0) is 37.0 Å². The topological polar surface area (TPSA) is 97.2 Å². The first-order chi connectivity index (χ1) is 13.5. The van der Waals surface area contributed by atoms with Crippen LogP contribution in [0.1, 0.15) is 27.9 Å². The molecule has 7 heteroatoms. The third-order valence-electron chi connectivity index (χ3n) is 5.06. The van der Waals surface area contributed by atoms with Gasteiger partial charge in [0.25, 0.3) is 5.91 Å². The summed E-state index contributed by atoms with van der Waals surface area (Å²) >= 11 is 0. The Labute approximate surface area is 161 Å². The zero-order chi connectivity index (χ0) is 19.6. The van der Waals surface area contributed by atoms with Crippen molar-refractivity contribution in [3.8, 4) is 11.4 Å². The molecule has 3 aromatic rings. The largest absolute Gasteiger partial charge is 0.439 e. The highest BCUT2D eigenvalue weighted by Gasteiger charge is 2.37. The molecule has 0 radical (unpaired) electrons. The number of benzene rings is 2. The van der Waals surface area contributed by atoms with Gasteiger partial charge in [-0.3, -0.25) is 14.3 Å². The molecule has 1 aromatic heterocycles. The summed E-state index contributed by atoms with van der Waals surface area (Å²) < 4.78 is 10.2. The van der Waals surface area contributed by atoms with Crippen LogP contribution in [0.25, 0.3) is 11.4 Å². The maximum absolute atomic E-state index is 13.1.